The Kier molecular flexibility index (Phi) is 2.50. The summed E-state index contributed by atoms with van der Waals surface area (Å²) in [7, 11) is 0. The molecule has 0 spiro atoms. The van der Waals surface area contributed by atoms with Crippen LogP contribution in [0.25, 0.3) is 0 Å². The number of fused-ring (bicyclic) bond motifs is 1. The summed E-state index contributed by atoms with van der Waals surface area (Å²) in [5.41, 5.74) is 0. The average molecular weight is 166 g/mol. The highest BCUT2D eigenvalue weighted by Crippen LogP contribution is 2.54. The van der Waals surface area contributed by atoms with Crippen molar-refractivity contribution in [3.63, 3.8) is 0 Å². The fourth-order valence-corrected chi connectivity index (χ4v) is 2.77. The summed E-state index contributed by atoms with van der Waals surface area (Å²) in [6.45, 7) is 0.394. The normalized spacial score (nSPS) is 42.6. The molecule has 12 heavy (non-hydrogen) atoms. The number of aliphatic hydroxyl groups is 1. The van der Waals surface area contributed by atoms with Crippen LogP contribution in [0.3, 0.4) is 0 Å². The lowest BCUT2D eigenvalue weighted by molar-refractivity contribution is 0.274. The van der Waals surface area contributed by atoms with E-state index in [1.54, 1.807) is 0 Å². The van der Waals surface area contributed by atoms with E-state index in [9.17, 15) is 0 Å². The fraction of sp³-hybridized carbons (Fsp3) is 0.818. The molecule has 2 aliphatic rings. The number of aliphatic hydroxyl groups excluding tert-OH is 1. The molecule has 0 aromatic heterocycles. The zero-order valence-electron chi connectivity index (χ0n) is 7.58. The Balaban J connectivity index is 1.85. The molecule has 2 aliphatic carbocycles. The fourth-order valence-electron chi connectivity index (χ4n) is 2.77. The van der Waals surface area contributed by atoms with Crippen LogP contribution in [-0.4, -0.2) is 11.7 Å². The van der Waals surface area contributed by atoms with E-state index < -0.39 is 0 Å². The summed E-state index contributed by atoms with van der Waals surface area (Å²) in [6.07, 6.45) is 11.0. The molecule has 0 radical (unpaired) electrons. The van der Waals surface area contributed by atoms with Gasteiger partial charge in [0.15, 0.2) is 0 Å². The molecule has 0 amide bonds. The van der Waals surface area contributed by atoms with Crippen LogP contribution in [0.4, 0.5) is 0 Å². The summed E-state index contributed by atoms with van der Waals surface area (Å²) >= 11 is 0. The summed E-state index contributed by atoms with van der Waals surface area (Å²) in [6, 6.07) is 0. The number of allylic oxidation sites excluding steroid dienone is 2. The summed E-state index contributed by atoms with van der Waals surface area (Å²) in [5.74, 6) is 2.79. The molecule has 1 fully saturated rings. The molecule has 3 atom stereocenters. The van der Waals surface area contributed by atoms with Gasteiger partial charge in [-0.1, -0.05) is 12.2 Å². The van der Waals surface area contributed by atoms with Gasteiger partial charge in [0.2, 0.25) is 0 Å². The van der Waals surface area contributed by atoms with Crippen molar-refractivity contribution >= 4 is 0 Å². The van der Waals surface area contributed by atoms with Crippen molar-refractivity contribution < 1.29 is 5.11 Å². The minimum absolute atomic E-state index is 0.394. The second-order valence-corrected chi connectivity index (χ2v) is 4.13. The molecule has 1 N–H and O–H groups in total. The molecule has 0 aromatic carbocycles. The molecule has 1 heteroatoms. The molecular formula is C11H18O. The van der Waals surface area contributed by atoms with Crippen molar-refractivity contribution in [2.45, 2.75) is 32.1 Å². The van der Waals surface area contributed by atoms with E-state index in [4.69, 9.17) is 5.11 Å². The van der Waals surface area contributed by atoms with Gasteiger partial charge >= 0.3 is 0 Å². The van der Waals surface area contributed by atoms with Crippen molar-refractivity contribution in [1.82, 2.24) is 0 Å². The molecule has 68 valence electrons. The zero-order valence-corrected chi connectivity index (χ0v) is 7.58. The topological polar surface area (TPSA) is 20.2 Å². The number of hydrogen-bond donors (Lipinski definition) is 1. The highest BCUT2D eigenvalue weighted by atomic mass is 16.3. The summed E-state index contributed by atoms with van der Waals surface area (Å²) in [4.78, 5) is 0. The standard InChI is InChI=1S/C11H18O/c12-8-7-11-9-5-3-1-2-4-6-10(9)11/h1-2,9-12H,3-8H2/b2-1-/t9-,10+,11?. The summed E-state index contributed by atoms with van der Waals surface area (Å²) in [5, 5.41) is 8.85. The van der Waals surface area contributed by atoms with Crippen molar-refractivity contribution in [2.75, 3.05) is 6.61 Å². The third-order valence-electron chi connectivity index (χ3n) is 3.47. The molecule has 0 aliphatic heterocycles. The van der Waals surface area contributed by atoms with Crippen LogP contribution in [0.2, 0.25) is 0 Å². The first kappa shape index (κ1) is 8.31. The van der Waals surface area contributed by atoms with Crippen LogP contribution in [-0.2, 0) is 0 Å². The van der Waals surface area contributed by atoms with Gasteiger partial charge in [0, 0.05) is 6.61 Å². The predicted octanol–water partition coefficient (Wildman–Crippen LogP) is 2.36. The Bertz CT molecular complexity index is 158. The molecule has 2 rings (SSSR count). The third kappa shape index (κ3) is 1.56. The zero-order chi connectivity index (χ0) is 8.39. The van der Waals surface area contributed by atoms with E-state index in [2.05, 4.69) is 12.2 Å². The van der Waals surface area contributed by atoms with Crippen LogP contribution in [0.5, 0.6) is 0 Å². The van der Waals surface area contributed by atoms with Crippen LogP contribution in [0.1, 0.15) is 32.1 Å². The molecule has 0 saturated heterocycles. The van der Waals surface area contributed by atoms with Crippen molar-refractivity contribution in [3.05, 3.63) is 12.2 Å². The molecule has 0 heterocycles. The molecule has 0 bridgehead atoms. The van der Waals surface area contributed by atoms with E-state index in [0.29, 0.717) is 6.61 Å². The Labute approximate surface area is 74.5 Å². The van der Waals surface area contributed by atoms with Crippen LogP contribution < -0.4 is 0 Å². The summed E-state index contributed by atoms with van der Waals surface area (Å²) < 4.78 is 0. The van der Waals surface area contributed by atoms with Gasteiger partial charge in [-0.25, -0.2) is 0 Å². The van der Waals surface area contributed by atoms with Gasteiger partial charge in [0.05, 0.1) is 0 Å². The van der Waals surface area contributed by atoms with Crippen LogP contribution >= 0.6 is 0 Å². The van der Waals surface area contributed by atoms with Gasteiger partial charge in [0.1, 0.15) is 0 Å². The van der Waals surface area contributed by atoms with E-state index in [1.165, 1.54) is 25.7 Å². The van der Waals surface area contributed by atoms with E-state index >= 15 is 0 Å². The minimum Gasteiger partial charge on any atom is -0.396 e. The number of rotatable bonds is 2. The van der Waals surface area contributed by atoms with Gasteiger partial charge < -0.3 is 5.11 Å². The minimum atomic E-state index is 0.394. The highest BCUT2D eigenvalue weighted by Gasteiger charge is 2.47. The first-order valence-electron chi connectivity index (χ1n) is 5.19. The quantitative estimate of drug-likeness (QED) is 0.624. The van der Waals surface area contributed by atoms with Crippen molar-refractivity contribution in [1.29, 1.82) is 0 Å². The van der Waals surface area contributed by atoms with Gasteiger partial charge in [0.25, 0.3) is 0 Å². The maximum Gasteiger partial charge on any atom is 0.0433 e. The Hall–Kier alpha value is -0.300. The second kappa shape index (κ2) is 3.61. The molecule has 1 unspecified atom stereocenters. The predicted molar refractivity (Wildman–Crippen MR) is 49.8 cm³/mol. The van der Waals surface area contributed by atoms with Crippen LogP contribution in [0, 0.1) is 17.8 Å². The van der Waals surface area contributed by atoms with Gasteiger partial charge in [-0.05, 0) is 49.9 Å². The Morgan fingerprint density at radius 1 is 1.08 bits per heavy atom. The molecular weight excluding hydrogens is 148 g/mol. The van der Waals surface area contributed by atoms with Crippen molar-refractivity contribution in [2.24, 2.45) is 17.8 Å². The Morgan fingerprint density at radius 3 is 2.17 bits per heavy atom. The van der Waals surface area contributed by atoms with Gasteiger partial charge in [-0.2, -0.15) is 0 Å². The first-order chi connectivity index (χ1) is 5.93. The lowest BCUT2D eigenvalue weighted by atomic mass is 10.1. The first-order valence-corrected chi connectivity index (χ1v) is 5.19. The smallest absolute Gasteiger partial charge is 0.0433 e. The largest absolute Gasteiger partial charge is 0.396 e. The van der Waals surface area contributed by atoms with Gasteiger partial charge in [-0.3, -0.25) is 0 Å². The van der Waals surface area contributed by atoms with Crippen molar-refractivity contribution in [3.8, 4) is 0 Å². The SMILES string of the molecule is OCCC1[C@H]2CC/C=C\CC[C@@H]12. The molecule has 0 aromatic rings. The molecule has 1 nitrogen and oxygen atoms in total. The molecule has 1 saturated carbocycles. The van der Waals surface area contributed by atoms with E-state index in [0.717, 1.165) is 24.2 Å². The van der Waals surface area contributed by atoms with Gasteiger partial charge in [-0.15, -0.1) is 0 Å². The van der Waals surface area contributed by atoms with E-state index in [-0.39, 0.29) is 0 Å². The third-order valence-corrected chi connectivity index (χ3v) is 3.47. The lowest BCUT2D eigenvalue weighted by Gasteiger charge is -1.99. The Morgan fingerprint density at radius 2 is 1.67 bits per heavy atom. The second-order valence-electron chi connectivity index (χ2n) is 4.13. The van der Waals surface area contributed by atoms with E-state index in [1.807, 2.05) is 0 Å². The van der Waals surface area contributed by atoms with Crippen LogP contribution in [0.15, 0.2) is 12.2 Å². The maximum absolute atomic E-state index is 8.85. The number of hydrogen-bond acceptors (Lipinski definition) is 1. The lowest BCUT2D eigenvalue weighted by Crippen LogP contribution is -1.87. The maximum atomic E-state index is 8.85. The average Bonchev–Trinajstić information content (AvgIpc) is 2.61. The monoisotopic (exact) mass is 166 g/mol. The highest BCUT2D eigenvalue weighted by molar-refractivity contribution is 5.01.